The van der Waals surface area contributed by atoms with Gasteiger partial charge in [0, 0.05) is 12.3 Å². The number of aromatic nitrogens is 1. The molecule has 1 amide bonds. The minimum atomic E-state index is -0.540. The minimum Gasteiger partial charge on any atom is -0.481 e. The lowest BCUT2D eigenvalue weighted by Crippen LogP contribution is -2.58. The van der Waals surface area contributed by atoms with E-state index in [9.17, 15) is 4.79 Å². The van der Waals surface area contributed by atoms with Gasteiger partial charge in [0.15, 0.2) is 6.10 Å². The molecule has 6 nitrogen and oxygen atoms in total. The number of rotatable bonds is 5. The molecule has 0 saturated carbocycles. The Morgan fingerprint density at radius 2 is 2.04 bits per heavy atom. The van der Waals surface area contributed by atoms with Gasteiger partial charge < -0.3 is 14.4 Å². The highest BCUT2D eigenvalue weighted by Crippen LogP contribution is 2.19. The van der Waals surface area contributed by atoms with Gasteiger partial charge in [-0.1, -0.05) is 18.2 Å². The van der Waals surface area contributed by atoms with Crippen LogP contribution in [0.5, 0.6) is 11.6 Å². The van der Waals surface area contributed by atoms with Crippen molar-refractivity contribution in [2.45, 2.75) is 19.1 Å². The highest BCUT2D eigenvalue weighted by molar-refractivity contribution is 5.81. The summed E-state index contributed by atoms with van der Waals surface area (Å²) in [6, 6.07) is 14.6. The Bertz CT molecular complexity index is 734. The van der Waals surface area contributed by atoms with Crippen LogP contribution in [0, 0.1) is 11.3 Å². The second-order valence-corrected chi connectivity index (χ2v) is 5.55. The summed E-state index contributed by atoms with van der Waals surface area (Å²) in [7, 11) is 0. The lowest BCUT2D eigenvalue weighted by atomic mass is 10.1. The molecule has 122 valence electrons. The van der Waals surface area contributed by atoms with Gasteiger partial charge in [-0.05, 0) is 25.1 Å². The summed E-state index contributed by atoms with van der Waals surface area (Å²) >= 11 is 0. The van der Waals surface area contributed by atoms with Crippen LogP contribution in [0.25, 0.3) is 0 Å². The monoisotopic (exact) mass is 323 g/mol. The van der Waals surface area contributed by atoms with Gasteiger partial charge in [-0.3, -0.25) is 4.79 Å². The molecule has 1 aromatic heterocycles. The summed E-state index contributed by atoms with van der Waals surface area (Å²) in [5.41, 5.74) is 0.486. The van der Waals surface area contributed by atoms with E-state index >= 15 is 0 Å². The predicted octanol–water partition coefficient (Wildman–Crippen LogP) is 2.01. The van der Waals surface area contributed by atoms with Crippen molar-refractivity contribution in [2.24, 2.45) is 0 Å². The molecule has 2 heterocycles. The number of hydrogen-bond donors (Lipinski definition) is 0. The van der Waals surface area contributed by atoms with Crippen molar-refractivity contribution in [1.29, 1.82) is 5.26 Å². The van der Waals surface area contributed by atoms with Gasteiger partial charge in [0.05, 0.1) is 18.7 Å². The van der Waals surface area contributed by atoms with Crippen LogP contribution < -0.4 is 9.47 Å². The molecule has 1 aromatic carbocycles. The lowest BCUT2D eigenvalue weighted by Gasteiger charge is -2.39. The number of nitrogens with zero attached hydrogens (tertiary/aromatic N) is 3. The first kappa shape index (κ1) is 15.8. The fourth-order valence-electron chi connectivity index (χ4n) is 2.39. The van der Waals surface area contributed by atoms with E-state index in [1.54, 1.807) is 24.0 Å². The summed E-state index contributed by atoms with van der Waals surface area (Å²) in [5.74, 6) is 1.07. The first-order valence-electron chi connectivity index (χ1n) is 7.69. The predicted molar refractivity (Wildman–Crippen MR) is 86.5 cm³/mol. The Morgan fingerprint density at radius 3 is 2.67 bits per heavy atom. The zero-order valence-corrected chi connectivity index (χ0v) is 13.3. The van der Waals surface area contributed by atoms with Crippen LogP contribution in [-0.2, 0) is 4.79 Å². The third-order valence-electron chi connectivity index (χ3n) is 3.72. The van der Waals surface area contributed by atoms with E-state index in [1.807, 2.05) is 36.4 Å². The van der Waals surface area contributed by atoms with Crippen molar-refractivity contribution >= 4 is 5.91 Å². The van der Waals surface area contributed by atoms with E-state index in [4.69, 9.17) is 14.7 Å². The molecule has 0 bridgehead atoms. The average Bonchev–Trinajstić information content (AvgIpc) is 2.58. The molecule has 1 saturated heterocycles. The smallest absolute Gasteiger partial charge is 0.263 e. The molecule has 0 spiro atoms. The first-order valence-corrected chi connectivity index (χ1v) is 7.69. The number of pyridine rings is 1. The van der Waals surface area contributed by atoms with Crippen LogP contribution >= 0.6 is 0 Å². The topological polar surface area (TPSA) is 75.4 Å². The van der Waals surface area contributed by atoms with Crippen LogP contribution in [0.4, 0.5) is 0 Å². The lowest BCUT2D eigenvalue weighted by molar-refractivity contribution is -0.147. The first-order chi connectivity index (χ1) is 11.7. The number of ether oxygens (including phenoxy) is 2. The maximum atomic E-state index is 12.3. The van der Waals surface area contributed by atoms with Crippen LogP contribution in [-0.4, -0.2) is 41.1 Å². The van der Waals surface area contributed by atoms with Gasteiger partial charge in [0.2, 0.25) is 5.88 Å². The number of benzene rings is 1. The standard InChI is InChI=1S/C18H17N3O3/c1-13(23-15-5-3-2-4-6-15)18(22)21-11-16(12-21)24-17-8-7-14(9-19)10-20-17/h2-8,10,13,16H,11-12H2,1H3. The van der Waals surface area contributed by atoms with Crippen molar-refractivity contribution in [3.05, 3.63) is 54.2 Å². The van der Waals surface area contributed by atoms with Gasteiger partial charge in [0.25, 0.3) is 5.91 Å². The number of amides is 1. The summed E-state index contributed by atoms with van der Waals surface area (Å²) in [4.78, 5) is 18.1. The summed E-state index contributed by atoms with van der Waals surface area (Å²) < 4.78 is 11.3. The molecule has 0 radical (unpaired) electrons. The number of carbonyl (C=O) groups is 1. The molecule has 6 heteroatoms. The molecule has 0 N–H and O–H groups in total. The van der Waals surface area contributed by atoms with Gasteiger partial charge in [-0.15, -0.1) is 0 Å². The van der Waals surface area contributed by atoms with E-state index < -0.39 is 6.10 Å². The Morgan fingerprint density at radius 1 is 1.29 bits per heavy atom. The fourth-order valence-corrected chi connectivity index (χ4v) is 2.39. The van der Waals surface area contributed by atoms with Crippen LogP contribution in [0.3, 0.4) is 0 Å². The third-order valence-corrected chi connectivity index (χ3v) is 3.72. The Balaban J connectivity index is 1.47. The summed E-state index contributed by atoms with van der Waals surface area (Å²) in [6.45, 7) is 2.75. The minimum absolute atomic E-state index is 0.0634. The molecular weight excluding hydrogens is 306 g/mol. The van der Waals surface area contributed by atoms with Crippen molar-refractivity contribution < 1.29 is 14.3 Å². The Labute approximate surface area is 140 Å². The summed E-state index contributed by atoms with van der Waals surface area (Å²) in [5, 5.41) is 8.73. The normalized spacial score (nSPS) is 15.1. The molecule has 1 unspecified atom stereocenters. The van der Waals surface area contributed by atoms with Crippen molar-refractivity contribution in [3.8, 4) is 17.7 Å². The van der Waals surface area contributed by atoms with Crippen LogP contribution in [0.15, 0.2) is 48.7 Å². The van der Waals surface area contributed by atoms with E-state index in [1.165, 1.54) is 6.20 Å². The summed E-state index contributed by atoms with van der Waals surface area (Å²) in [6.07, 6.45) is 0.840. The second-order valence-electron chi connectivity index (χ2n) is 5.55. The van der Waals surface area contributed by atoms with Gasteiger partial charge in [-0.2, -0.15) is 5.26 Å². The molecule has 1 aliphatic heterocycles. The molecule has 1 atom stereocenters. The SMILES string of the molecule is CC(Oc1ccccc1)C(=O)N1CC(Oc2ccc(C#N)cn2)C1. The van der Waals surface area contributed by atoms with Crippen molar-refractivity contribution in [1.82, 2.24) is 9.88 Å². The third kappa shape index (κ3) is 3.63. The van der Waals surface area contributed by atoms with Gasteiger partial charge >= 0.3 is 0 Å². The molecule has 3 rings (SSSR count). The van der Waals surface area contributed by atoms with Crippen LogP contribution in [0.2, 0.25) is 0 Å². The van der Waals surface area contributed by atoms with E-state index in [2.05, 4.69) is 4.98 Å². The van der Waals surface area contributed by atoms with Crippen LogP contribution in [0.1, 0.15) is 12.5 Å². The zero-order chi connectivity index (χ0) is 16.9. The number of para-hydroxylation sites is 1. The fraction of sp³-hybridized carbons (Fsp3) is 0.278. The molecule has 1 aliphatic rings. The highest BCUT2D eigenvalue weighted by atomic mass is 16.5. The van der Waals surface area contributed by atoms with Gasteiger partial charge in [-0.25, -0.2) is 4.98 Å². The number of nitriles is 1. The zero-order valence-electron chi connectivity index (χ0n) is 13.3. The van der Waals surface area contributed by atoms with E-state index in [0.29, 0.717) is 30.3 Å². The Hall–Kier alpha value is -3.07. The second kappa shape index (κ2) is 7.01. The molecular formula is C18H17N3O3. The maximum Gasteiger partial charge on any atom is 0.263 e. The number of carbonyl (C=O) groups excluding carboxylic acids is 1. The average molecular weight is 323 g/mol. The number of likely N-dealkylation sites (tertiary alicyclic amines) is 1. The van der Waals surface area contributed by atoms with Crippen molar-refractivity contribution in [2.75, 3.05) is 13.1 Å². The molecule has 24 heavy (non-hydrogen) atoms. The highest BCUT2D eigenvalue weighted by Gasteiger charge is 2.35. The van der Waals surface area contributed by atoms with E-state index in [-0.39, 0.29) is 12.0 Å². The van der Waals surface area contributed by atoms with E-state index in [0.717, 1.165) is 0 Å². The molecule has 1 fully saturated rings. The maximum absolute atomic E-state index is 12.3. The molecule has 0 aliphatic carbocycles. The van der Waals surface area contributed by atoms with Gasteiger partial charge in [0.1, 0.15) is 17.9 Å². The molecule has 2 aromatic rings. The Kier molecular flexibility index (Phi) is 4.62. The largest absolute Gasteiger partial charge is 0.481 e. The number of hydrogen-bond acceptors (Lipinski definition) is 5. The van der Waals surface area contributed by atoms with Crippen molar-refractivity contribution in [3.63, 3.8) is 0 Å². The quantitative estimate of drug-likeness (QED) is 0.841.